The molecule has 1 amide bonds. The molecular weight excluding hydrogens is 250 g/mol. The summed E-state index contributed by atoms with van der Waals surface area (Å²) in [5.74, 6) is 0.371. The zero-order valence-electron chi connectivity index (χ0n) is 12.6. The van der Waals surface area contributed by atoms with E-state index in [2.05, 4.69) is 15.1 Å². The lowest BCUT2D eigenvalue weighted by Gasteiger charge is -2.38. The van der Waals surface area contributed by atoms with Crippen molar-refractivity contribution in [2.24, 2.45) is 0 Å². The second-order valence-corrected chi connectivity index (χ2v) is 6.71. The molecule has 0 aromatic rings. The number of piperidine rings is 1. The summed E-state index contributed by atoms with van der Waals surface area (Å²) in [6, 6.07) is 1.25. The smallest absolute Gasteiger partial charge is 0.224 e. The van der Waals surface area contributed by atoms with E-state index in [1.165, 1.54) is 44.9 Å². The fourth-order valence-corrected chi connectivity index (χ4v) is 4.04. The molecule has 3 aliphatic rings. The lowest BCUT2D eigenvalue weighted by molar-refractivity contribution is -0.133. The molecule has 1 unspecified atom stereocenters. The van der Waals surface area contributed by atoms with Crippen molar-refractivity contribution in [2.45, 2.75) is 63.5 Å². The average Bonchev–Trinajstić information content (AvgIpc) is 3.03. The predicted octanol–water partition coefficient (Wildman–Crippen LogP) is 1.61. The van der Waals surface area contributed by atoms with Gasteiger partial charge in [-0.1, -0.05) is 19.3 Å². The molecule has 0 radical (unpaired) electrons. The number of carbonyl (C=O) groups excluding carboxylic acids is 1. The van der Waals surface area contributed by atoms with Crippen molar-refractivity contribution in [3.8, 4) is 0 Å². The molecule has 2 aliphatic heterocycles. The van der Waals surface area contributed by atoms with E-state index >= 15 is 0 Å². The van der Waals surface area contributed by atoms with Crippen molar-refractivity contribution < 1.29 is 4.79 Å². The molecule has 1 N–H and O–H groups in total. The summed E-state index contributed by atoms with van der Waals surface area (Å²) in [7, 11) is 0. The van der Waals surface area contributed by atoms with Gasteiger partial charge in [0.2, 0.25) is 5.91 Å². The van der Waals surface area contributed by atoms with Gasteiger partial charge in [0.05, 0.1) is 0 Å². The SMILES string of the molecule is O=C(CC1CCCCN1)N1CCN(C2CCCC2)CC1. The van der Waals surface area contributed by atoms with Crippen molar-refractivity contribution in [1.29, 1.82) is 0 Å². The van der Waals surface area contributed by atoms with Gasteiger partial charge in [-0.15, -0.1) is 0 Å². The van der Waals surface area contributed by atoms with Crippen LogP contribution in [0.2, 0.25) is 0 Å². The highest BCUT2D eigenvalue weighted by Crippen LogP contribution is 2.24. The van der Waals surface area contributed by atoms with E-state index in [4.69, 9.17) is 0 Å². The van der Waals surface area contributed by atoms with Crippen molar-refractivity contribution >= 4 is 5.91 Å². The van der Waals surface area contributed by atoms with Gasteiger partial charge in [-0.25, -0.2) is 0 Å². The lowest BCUT2D eigenvalue weighted by atomic mass is 10.0. The van der Waals surface area contributed by atoms with Crippen molar-refractivity contribution in [1.82, 2.24) is 15.1 Å². The fourth-order valence-electron chi connectivity index (χ4n) is 4.04. The molecule has 20 heavy (non-hydrogen) atoms. The molecule has 2 heterocycles. The summed E-state index contributed by atoms with van der Waals surface area (Å²) in [5, 5.41) is 3.48. The number of piperazine rings is 1. The third-order valence-electron chi connectivity index (χ3n) is 5.34. The van der Waals surface area contributed by atoms with E-state index < -0.39 is 0 Å². The first-order valence-electron chi connectivity index (χ1n) is 8.58. The highest BCUT2D eigenvalue weighted by molar-refractivity contribution is 5.77. The van der Waals surface area contributed by atoms with Gasteiger partial charge in [0.15, 0.2) is 0 Å². The predicted molar refractivity (Wildman–Crippen MR) is 80.7 cm³/mol. The fraction of sp³-hybridized carbons (Fsp3) is 0.938. The lowest BCUT2D eigenvalue weighted by Crippen LogP contribution is -2.52. The van der Waals surface area contributed by atoms with Gasteiger partial charge in [0, 0.05) is 44.7 Å². The molecular formula is C16H29N3O. The van der Waals surface area contributed by atoms with Crippen molar-refractivity contribution in [2.75, 3.05) is 32.7 Å². The zero-order valence-corrected chi connectivity index (χ0v) is 12.6. The van der Waals surface area contributed by atoms with E-state index in [1.807, 2.05) is 0 Å². The quantitative estimate of drug-likeness (QED) is 0.852. The Morgan fingerprint density at radius 1 is 0.950 bits per heavy atom. The van der Waals surface area contributed by atoms with E-state index in [-0.39, 0.29) is 0 Å². The molecule has 0 aromatic heterocycles. The van der Waals surface area contributed by atoms with Gasteiger partial charge < -0.3 is 10.2 Å². The van der Waals surface area contributed by atoms with Gasteiger partial charge in [-0.2, -0.15) is 0 Å². The van der Waals surface area contributed by atoms with E-state index in [0.29, 0.717) is 18.4 Å². The maximum atomic E-state index is 12.4. The van der Waals surface area contributed by atoms with Crippen LogP contribution in [0.4, 0.5) is 0 Å². The highest BCUT2D eigenvalue weighted by Gasteiger charge is 2.28. The second kappa shape index (κ2) is 6.90. The Morgan fingerprint density at radius 3 is 2.30 bits per heavy atom. The van der Waals surface area contributed by atoms with Gasteiger partial charge in [0.1, 0.15) is 0 Å². The third kappa shape index (κ3) is 3.53. The topological polar surface area (TPSA) is 35.6 Å². The number of carbonyl (C=O) groups is 1. The van der Waals surface area contributed by atoms with E-state index in [0.717, 1.165) is 38.8 Å². The minimum atomic E-state index is 0.371. The minimum Gasteiger partial charge on any atom is -0.340 e. The first-order valence-corrected chi connectivity index (χ1v) is 8.58. The summed E-state index contributed by atoms with van der Waals surface area (Å²) in [6.45, 7) is 5.17. The van der Waals surface area contributed by atoms with Gasteiger partial charge >= 0.3 is 0 Å². The summed E-state index contributed by atoms with van der Waals surface area (Å²) in [6.07, 6.45) is 9.98. The molecule has 0 bridgehead atoms. The van der Waals surface area contributed by atoms with Crippen LogP contribution in [-0.2, 0) is 4.79 Å². The van der Waals surface area contributed by atoms with Crippen molar-refractivity contribution in [3.05, 3.63) is 0 Å². The molecule has 1 saturated carbocycles. The van der Waals surface area contributed by atoms with Gasteiger partial charge in [-0.3, -0.25) is 9.69 Å². The second-order valence-electron chi connectivity index (χ2n) is 6.71. The van der Waals surface area contributed by atoms with Crippen LogP contribution in [0.5, 0.6) is 0 Å². The summed E-state index contributed by atoms with van der Waals surface area (Å²) >= 11 is 0. The van der Waals surface area contributed by atoms with Gasteiger partial charge in [-0.05, 0) is 32.2 Å². The number of rotatable bonds is 3. The first-order chi connectivity index (χ1) is 9.83. The summed E-state index contributed by atoms with van der Waals surface area (Å²) < 4.78 is 0. The first kappa shape index (κ1) is 14.3. The van der Waals surface area contributed by atoms with Crippen LogP contribution in [0, 0.1) is 0 Å². The molecule has 4 nitrogen and oxygen atoms in total. The number of amides is 1. The minimum absolute atomic E-state index is 0.371. The van der Waals surface area contributed by atoms with Crippen molar-refractivity contribution in [3.63, 3.8) is 0 Å². The average molecular weight is 279 g/mol. The van der Waals surface area contributed by atoms with Gasteiger partial charge in [0.25, 0.3) is 0 Å². The normalized spacial score (nSPS) is 29.8. The molecule has 114 valence electrons. The highest BCUT2D eigenvalue weighted by atomic mass is 16.2. The molecule has 0 spiro atoms. The Morgan fingerprint density at radius 2 is 1.65 bits per heavy atom. The number of hydrogen-bond donors (Lipinski definition) is 1. The molecule has 4 heteroatoms. The van der Waals surface area contributed by atoms with Crippen LogP contribution in [0.25, 0.3) is 0 Å². The third-order valence-corrected chi connectivity index (χ3v) is 5.34. The number of hydrogen-bond acceptors (Lipinski definition) is 3. The number of nitrogens with zero attached hydrogens (tertiary/aromatic N) is 2. The summed E-state index contributed by atoms with van der Waals surface area (Å²) in [4.78, 5) is 17.1. The van der Waals surface area contributed by atoms with Crippen LogP contribution in [-0.4, -0.2) is 60.5 Å². The van der Waals surface area contributed by atoms with Crippen LogP contribution in [0.15, 0.2) is 0 Å². The summed E-state index contributed by atoms with van der Waals surface area (Å²) in [5.41, 5.74) is 0. The van der Waals surface area contributed by atoms with E-state index in [1.54, 1.807) is 0 Å². The Bertz CT molecular complexity index is 314. The monoisotopic (exact) mass is 279 g/mol. The number of nitrogens with one attached hydrogen (secondary N) is 1. The Hall–Kier alpha value is -0.610. The molecule has 3 fully saturated rings. The van der Waals surface area contributed by atoms with Crippen LogP contribution >= 0.6 is 0 Å². The molecule has 3 rings (SSSR count). The van der Waals surface area contributed by atoms with Crippen LogP contribution in [0.1, 0.15) is 51.4 Å². The van der Waals surface area contributed by atoms with E-state index in [9.17, 15) is 4.79 Å². The van der Waals surface area contributed by atoms with Crippen LogP contribution in [0.3, 0.4) is 0 Å². The molecule has 0 aromatic carbocycles. The Labute approximate surface area is 122 Å². The molecule has 1 atom stereocenters. The maximum Gasteiger partial charge on any atom is 0.224 e. The molecule has 1 aliphatic carbocycles. The molecule has 2 saturated heterocycles. The largest absolute Gasteiger partial charge is 0.340 e. The standard InChI is InChI=1S/C16H29N3O/c20-16(13-14-5-3-4-8-17-14)19-11-9-18(10-12-19)15-6-1-2-7-15/h14-15,17H,1-13H2. The van der Waals surface area contributed by atoms with Crippen LogP contribution < -0.4 is 5.32 Å². The maximum absolute atomic E-state index is 12.4. The zero-order chi connectivity index (χ0) is 13.8. The Kier molecular flexibility index (Phi) is 4.94. The Balaban J connectivity index is 1.41.